The van der Waals surface area contributed by atoms with E-state index in [4.69, 9.17) is 0 Å². The standard InChI is InChI=1S/C13H28N2O/c1-5-15-8-11(6-12(9-15)14-4)7-13(16)10(2)3/h10-14,16H,5-9H2,1-4H3. The number of nitrogens with one attached hydrogen (secondary N) is 1. The van der Waals surface area contributed by atoms with E-state index in [-0.39, 0.29) is 6.10 Å². The summed E-state index contributed by atoms with van der Waals surface area (Å²) >= 11 is 0. The molecule has 3 nitrogen and oxygen atoms in total. The van der Waals surface area contributed by atoms with Crippen LogP contribution in [-0.4, -0.2) is 48.8 Å². The Hall–Kier alpha value is -0.120. The Balaban J connectivity index is 2.45. The van der Waals surface area contributed by atoms with Crippen molar-refractivity contribution in [2.75, 3.05) is 26.7 Å². The van der Waals surface area contributed by atoms with Crippen LogP contribution in [0.25, 0.3) is 0 Å². The fourth-order valence-electron chi connectivity index (χ4n) is 2.55. The summed E-state index contributed by atoms with van der Waals surface area (Å²) in [5.74, 6) is 1.02. The first-order valence-electron chi connectivity index (χ1n) is 6.64. The number of aliphatic hydroxyl groups is 1. The molecule has 3 unspecified atom stereocenters. The third-order valence-electron chi connectivity index (χ3n) is 3.81. The molecule has 0 spiro atoms. The molecule has 2 N–H and O–H groups in total. The highest BCUT2D eigenvalue weighted by atomic mass is 16.3. The van der Waals surface area contributed by atoms with E-state index in [2.05, 4.69) is 31.0 Å². The molecule has 0 aromatic rings. The summed E-state index contributed by atoms with van der Waals surface area (Å²) in [7, 11) is 2.04. The van der Waals surface area contributed by atoms with Gasteiger partial charge in [0.2, 0.25) is 0 Å². The second-order valence-corrected chi connectivity index (χ2v) is 5.49. The summed E-state index contributed by atoms with van der Waals surface area (Å²) in [5.41, 5.74) is 0. The van der Waals surface area contributed by atoms with Crippen molar-refractivity contribution in [3.8, 4) is 0 Å². The number of hydrogen-bond acceptors (Lipinski definition) is 3. The molecular formula is C13H28N2O. The molecule has 1 aliphatic heterocycles. The average molecular weight is 228 g/mol. The van der Waals surface area contributed by atoms with Gasteiger partial charge < -0.3 is 15.3 Å². The smallest absolute Gasteiger partial charge is 0.0566 e. The van der Waals surface area contributed by atoms with E-state index in [0.29, 0.717) is 17.9 Å². The van der Waals surface area contributed by atoms with Gasteiger partial charge in [-0.1, -0.05) is 20.8 Å². The molecule has 1 fully saturated rings. The van der Waals surface area contributed by atoms with Crippen molar-refractivity contribution in [2.45, 2.75) is 45.8 Å². The average Bonchev–Trinajstić information content (AvgIpc) is 2.28. The SMILES string of the molecule is CCN1CC(CC(O)C(C)C)CC(NC)C1. The van der Waals surface area contributed by atoms with Gasteiger partial charge >= 0.3 is 0 Å². The van der Waals surface area contributed by atoms with Crippen LogP contribution in [0, 0.1) is 11.8 Å². The van der Waals surface area contributed by atoms with Gasteiger partial charge in [-0.2, -0.15) is 0 Å². The monoisotopic (exact) mass is 228 g/mol. The first-order chi connectivity index (χ1) is 7.56. The molecule has 0 saturated carbocycles. The van der Waals surface area contributed by atoms with Gasteiger partial charge in [-0.05, 0) is 38.3 Å². The van der Waals surface area contributed by atoms with Crippen LogP contribution in [0.2, 0.25) is 0 Å². The highest BCUT2D eigenvalue weighted by Crippen LogP contribution is 2.23. The number of nitrogens with zero attached hydrogens (tertiary/aromatic N) is 1. The predicted molar refractivity (Wildman–Crippen MR) is 68.5 cm³/mol. The van der Waals surface area contributed by atoms with Crippen LogP contribution in [-0.2, 0) is 0 Å². The van der Waals surface area contributed by atoms with E-state index in [1.807, 2.05) is 7.05 Å². The molecule has 1 aliphatic rings. The molecule has 1 saturated heterocycles. The van der Waals surface area contributed by atoms with Gasteiger partial charge in [-0.25, -0.2) is 0 Å². The van der Waals surface area contributed by atoms with Crippen molar-refractivity contribution in [1.82, 2.24) is 10.2 Å². The first-order valence-corrected chi connectivity index (χ1v) is 6.64. The summed E-state index contributed by atoms with van der Waals surface area (Å²) in [6.45, 7) is 9.83. The van der Waals surface area contributed by atoms with Gasteiger partial charge in [0.25, 0.3) is 0 Å². The predicted octanol–water partition coefficient (Wildman–Crippen LogP) is 1.32. The van der Waals surface area contributed by atoms with E-state index in [1.54, 1.807) is 0 Å². The Bertz CT molecular complexity index is 184. The number of likely N-dealkylation sites (tertiary alicyclic amines) is 1. The minimum absolute atomic E-state index is 0.140. The fourth-order valence-corrected chi connectivity index (χ4v) is 2.55. The summed E-state index contributed by atoms with van der Waals surface area (Å²) in [4.78, 5) is 2.49. The van der Waals surface area contributed by atoms with Crippen molar-refractivity contribution in [3.05, 3.63) is 0 Å². The fraction of sp³-hybridized carbons (Fsp3) is 1.00. The Morgan fingerprint density at radius 2 is 2.06 bits per heavy atom. The zero-order chi connectivity index (χ0) is 12.1. The highest BCUT2D eigenvalue weighted by molar-refractivity contribution is 4.83. The van der Waals surface area contributed by atoms with E-state index >= 15 is 0 Å². The number of rotatable bonds is 5. The van der Waals surface area contributed by atoms with Crippen LogP contribution in [0.1, 0.15) is 33.6 Å². The number of aliphatic hydroxyl groups excluding tert-OH is 1. The van der Waals surface area contributed by atoms with Crippen LogP contribution in [0.5, 0.6) is 0 Å². The van der Waals surface area contributed by atoms with Gasteiger partial charge in [0, 0.05) is 19.1 Å². The lowest BCUT2D eigenvalue weighted by Gasteiger charge is -2.38. The molecule has 0 bridgehead atoms. The maximum absolute atomic E-state index is 9.96. The molecule has 3 atom stereocenters. The lowest BCUT2D eigenvalue weighted by atomic mass is 9.87. The largest absolute Gasteiger partial charge is 0.393 e. The Labute approximate surface area is 100 Å². The number of piperidine rings is 1. The van der Waals surface area contributed by atoms with E-state index < -0.39 is 0 Å². The molecular weight excluding hydrogens is 200 g/mol. The molecule has 96 valence electrons. The minimum atomic E-state index is -0.140. The quantitative estimate of drug-likeness (QED) is 0.745. The van der Waals surface area contributed by atoms with E-state index in [0.717, 1.165) is 26.1 Å². The highest BCUT2D eigenvalue weighted by Gasteiger charge is 2.27. The second-order valence-electron chi connectivity index (χ2n) is 5.49. The lowest BCUT2D eigenvalue weighted by molar-refractivity contribution is 0.0642. The number of likely N-dealkylation sites (N-methyl/N-ethyl adjacent to an activating group) is 2. The zero-order valence-corrected chi connectivity index (χ0v) is 11.2. The van der Waals surface area contributed by atoms with Crippen molar-refractivity contribution >= 4 is 0 Å². The Kier molecular flexibility index (Phi) is 5.73. The maximum atomic E-state index is 9.96. The topological polar surface area (TPSA) is 35.5 Å². The van der Waals surface area contributed by atoms with Crippen LogP contribution in [0.4, 0.5) is 0 Å². The summed E-state index contributed by atoms with van der Waals surface area (Å²) in [6.07, 6.45) is 2.02. The second kappa shape index (κ2) is 6.58. The van der Waals surface area contributed by atoms with Gasteiger partial charge in [0.15, 0.2) is 0 Å². The van der Waals surface area contributed by atoms with Crippen LogP contribution in [0.3, 0.4) is 0 Å². The molecule has 0 amide bonds. The van der Waals surface area contributed by atoms with Crippen LogP contribution < -0.4 is 5.32 Å². The third kappa shape index (κ3) is 4.04. The van der Waals surface area contributed by atoms with Gasteiger partial charge in [0.1, 0.15) is 0 Å². The molecule has 0 aromatic carbocycles. The van der Waals surface area contributed by atoms with Crippen molar-refractivity contribution in [2.24, 2.45) is 11.8 Å². The zero-order valence-electron chi connectivity index (χ0n) is 11.2. The number of hydrogen-bond donors (Lipinski definition) is 2. The summed E-state index contributed by atoms with van der Waals surface area (Å²) < 4.78 is 0. The van der Waals surface area contributed by atoms with Crippen molar-refractivity contribution in [3.63, 3.8) is 0 Å². The minimum Gasteiger partial charge on any atom is -0.393 e. The van der Waals surface area contributed by atoms with Gasteiger partial charge in [-0.3, -0.25) is 0 Å². The third-order valence-corrected chi connectivity index (χ3v) is 3.81. The Morgan fingerprint density at radius 3 is 2.56 bits per heavy atom. The van der Waals surface area contributed by atoms with E-state index in [1.165, 1.54) is 6.42 Å². The lowest BCUT2D eigenvalue weighted by Crippen LogP contribution is -2.48. The van der Waals surface area contributed by atoms with Crippen molar-refractivity contribution in [1.29, 1.82) is 0 Å². The molecule has 3 heteroatoms. The van der Waals surface area contributed by atoms with E-state index in [9.17, 15) is 5.11 Å². The van der Waals surface area contributed by atoms with Crippen LogP contribution in [0.15, 0.2) is 0 Å². The molecule has 0 aromatic heterocycles. The maximum Gasteiger partial charge on any atom is 0.0566 e. The first kappa shape index (κ1) is 13.9. The molecule has 0 radical (unpaired) electrons. The Morgan fingerprint density at radius 1 is 1.38 bits per heavy atom. The summed E-state index contributed by atoms with van der Waals surface area (Å²) in [5, 5.41) is 13.3. The molecule has 0 aliphatic carbocycles. The summed E-state index contributed by atoms with van der Waals surface area (Å²) in [6, 6.07) is 0.595. The molecule has 1 heterocycles. The molecule has 1 rings (SSSR count). The van der Waals surface area contributed by atoms with Gasteiger partial charge in [-0.15, -0.1) is 0 Å². The normalized spacial score (nSPS) is 29.6. The van der Waals surface area contributed by atoms with Crippen LogP contribution >= 0.6 is 0 Å². The van der Waals surface area contributed by atoms with Gasteiger partial charge in [0.05, 0.1) is 6.10 Å². The van der Waals surface area contributed by atoms with Crippen molar-refractivity contribution < 1.29 is 5.11 Å². The molecule has 16 heavy (non-hydrogen) atoms.